The fraction of sp³-hybridized carbons (Fsp3) is 0.211. The predicted molar refractivity (Wildman–Crippen MR) is 105 cm³/mol. The van der Waals surface area contributed by atoms with E-state index in [0.717, 1.165) is 0 Å². The number of benzene rings is 2. The first-order valence-electron chi connectivity index (χ1n) is 9.15. The number of carbonyl (C=O) groups excluding carboxylic acids is 3. The molecule has 1 unspecified atom stereocenters. The number of hydrogen-bond acceptors (Lipinski definition) is 11. The van der Waals surface area contributed by atoms with E-state index in [1.165, 1.54) is 42.5 Å². The molecule has 3 rings (SSSR count). The summed E-state index contributed by atoms with van der Waals surface area (Å²) in [4.78, 5) is 51.0. The molecule has 0 bridgehead atoms. The summed E-state index contributed by atoms with van der Waals surface area (Å²) in [5.74, 6) is -3.62. The summed E-state index contributed by atoms with van der Waals surface area (Å²) in [5, 5.41) is 18.0. The van der Waals surface area contributed by atoms with Gasteiger partial charge in [0, 0.05) is 6.07 Å². The molecule has 1 aliphatic heterocycles. The van der Waals surface area contributed by atoms with Gasteiger partial charge in [0.2, 0.25) is 0 Å². The van der Waals surface area contributed by atoms with Gasteiger partial charge in [-0.2, -0.15) is 0 Å². The fourth-order valence-electron chi connectivity index (χ4n) is 2.95. The Labute approximate surface area is 214 Å². The number of hydrogen-bond donors (Lipinski definition) is 1. The van der Waals surface area contributed by atoms with Crippen LogP contribution >= 0.6 is 0 Å². The quantitative estimate of drug-likeness (QED) is 0.131. The second-order valence-corrected chi connectivity index (χ2v) is 8.34. The van der Waals surface area contributed by atoms with Crippen LogP contribution in [0.4, 0.5) is 5.69 Å². The Hall–Kier alpha value is -2.88. The zero-order valence-corrected chi connectivity index (χ0v) is 20.4. The number of aliphatic hydroxyl groups excluding tert-OH is 1. The number of nitro groups is 1. The molecule has 0 aliphatic carbocycles. The summed E-state index contributed by atoms with van der Waals surface area (Å²) in [5.41, 5.74) is 0.192. The molecule has 15 heteroatoms. The molecule has 0 spiro atoms. The summed E-state index contributed by atoms with van der Waals surface area (Å²) in [6.45, 7) is -0.621. The Morgan fingerprint density at radius 3 is 2.50 bits per heavy atom. The number of ether oxygens (including phenoxy) is 1. The van der Waals surface area contributed by atoms with Gasteiger partial charge in [-0.25, -0.2) is 13.2 Å². The third-order valence-corrected chi connectivity index (χ3v) is 5.64. The van der Waals surface area contributed by atoms with Gasteiger partial charge in [0.15, 0.2) is 0 Å². The zero-order chi connectivity index (χ0) is 24.3. The minimum atomic E-state index is -5.10. The van der Waals surface area contributed by atoms with E-state index in [0.29, 0.717) is 5.56 Å². The van der Waals surface area contributed by atoms with Crippen molar-refractivity contribution in [1.82, 2.24) is 5.06 Å². The van der Waals surface area contributed by atoms with Crippen LogP contribution in [0.3, 0.4) is 0 Å². The van der Waals surface area contributed by atoms with Gasteiger partial charge in [-0.05, 0) is 35.9 Å². The van der Waals surface area contributed by atoms with E-state index in [-0.39, 0.29) is 63.8 Å². The van der Waals surface area contributed by atoms with E-state index >= 15 is 0 Å². The van der Waals surface area contributed by atoms with E-state index in [9.17, 15) is 42.6 Å². The maximum absolute atomic E-state index is 12.3. The zero-order valence-electron chi connectivity index (χ0n) is 17.6. The first-order valence-corrected chi connectivity index (χ1v) is 10.6. The van der Waals surface area contributed by atoms with Gasteiger partial charge in [-0.3, -0.25) is 19.7 Å². The molecule has 0 radical (unpaired) electrons. The van der Waals surface area contributed by atoms with Crippen molar-refractivity contribution >= 4 is 33.6 Å². The fourth-order valence-corrected chi connectivity index (χ4v) is 3.64. The second-order valence-electron chi connectivity index (χ2n) is 6.79. The van der Waals surface area contributed by atoms with Gasteiger partial charge < -0.3 is 19.2 Å². The SMILES string of the molecule is O=C(ON1C(=O)CC(S(=O)(=O)[O-])C1=O)c1cccc(OCc2ccc([N+](=O)[O-])c(CO)c2)c1.[Na+]. The first-order chi connectivity index (χ1) is 15.5. The van der Waals surface area contributed by atoms with Crippen molar-refractivity contribution in [2.75, 3.05) is 0 Å². The summed E-state index contributed by atoms with van der Waals surface area (Å²) >= 11 is 0. The Bertz CT molecular complexity index is 1250. The van der Waals surface area contributed by atoms with Crippen LogP contribution in [0.25, 0.3) is 0 Å². The number of carbonyl (C=O) groups is 3. The topological polar surface area (TPSA) is 193 Å². The molecule has 2 aromatic rings. The Morgan fingerprint density at radius 2 is 1.91 bits per heavy atom. The maximum atomic E-state index is 12.3. The number of amides is 2. The molecule has 1 fully saturated rings. The summed E-state index contributed by atoms with van der Waals surface area (Å²) in [6, 6.07) is 9.41. The van der Waals surface area contributed by atoms with Crippen molar-refractivity contribution < 1.29 is 76.5 Å². The number of nitrogens with zero attached hydrogens (tertiary/aromatic N) is 2. The van der Waals surface area contributed by atoms with Gasteiger partial charge in [0.05, 0.1) is 29.1 Å². The van der Waals surface area contributed by atoms with Crippen molar-refractivity contribution in [3.8, 4) is 5.75 Å². The number of rotatable bonds is 8. The van der Waals surface area contributed by atoms with Crippen LogP contribution in [0.15, 0.2) is 42.5 Å². The predicted octanol–water partition coefficient (Wildman–Crippen LogP) is -2.59. The van der Waals surface area contributed by atoms with E-state index in [4.69, 9.17) is 4.74 Å². The average Bonchev–Trinajstić information content (AvgIpc) is 3.06. The van der Waals surface area contributed by atoms with Gasteiger partial charge in [-0.1, -0.05) is 6.07 Å². The third kappa shape index (κ3) is 6.16. The van der Waals surface area contributed by atoms with Crippen LogP contribution < -0.4 is 34.3 Å². The van der Waals surface area contributed by atoms with Crippen molar-refractivity contribution in [2.45, 2.75) is 24.9 Å². The molecule has 13 nitrogen and oxygen atoms in total. The minimum absolute atomic E-state index is 0. The smallest absolute Gasteiger partial charge is 0.747 e. The average molecular weight is 502 g/mol. The molecular weight excluding hydrogens is 487 g/mol. The summed E-state index contributed by atoms with van der Waals surface area (Å²) in [6.07, 6.45) is -0.924. The third-order valence-electron chi connectivity index (χ3n) is 4.57. The van der Waals surface area contributed by atoms with Gasteiger partial charge in [0.25, 0.3) is 17.5 Å². The van der Waals surface area contributed by atoms with Gasteiger partial charge in [-0.15, -0.1) is 5.06 Å². The molecule has 1 N–H and O–H groups in total. The van der Waals surface area contributed by atoms with Crippen molar-refractivity contribution in [1.29, 1.82) is 0 Å². The molecule has 34 heavy (non-hydrogen) atoms. The normalized spacial score (nSPS) is 15.6. The number of aliphatic hydroxyl groups is 1. The number of hydroxylamine groups is 2. The number of imide groups is 1. The maximum Gasteiger partial charge on any atom is 1.00 e. The van der Waals surface area contributed by atoms with Crippen LogP contribution in [0.1, 0.15) is 27.9 Å². The molecule has 0 aromatic heterocycles. The minimum Gasteiger partial charge on any atom is -0.747 e. The molecule has 1 heterocycles. The summed E-state index contributed by atoms with van der Waals surface area (Å²) < 4.78 is 38.7. The number of nitro benzene ring substituents is 1. The second kappa shape index (κ2) is 11.0. The largest absolute Gasteiger partial charge is 1.00 e. The van der Waals surface area contributed by atoms with E-state index < -0.39 is 51.1 Å². The standard InChI is InChI=1S/C19H16N2O11S.Na/c22-9-13-6-11(4-5-15(13)21(26)27)10-31-14-3-1-2-12(7-14)19(25)32-20-17(23)8-16(18(20)24)33(28,29)30;/h1-7,16,22H,8-10H2,(H,28,29,30);/q;+1/p-1. The molecule has 0 saturated carbocycles. The molecule has 174 valence electrons. The van der Waals surface area contributed by atoms with Crippen molar-refractivity contribution in [3.05, 3.63) is 69.3 Å². The van der Waals surface area contributed by atoms with Crippen LogP contribution in [-0.4, -0.2) is 51.1 Å². The van der Waals surface area contributed by atoms with E-state index in [2.05, 4.69) is 4.84 Å². The van der Waals surface area contributed by atoms with Crippen molar-refractivity contribution in [3.63, 3.8) is 0 Å². The molecule has 2 amide bonds. The first kappa shape index (κ1) is 27.4. The molecule has 2 aromatic carbocycles. The van der Waals surface area contributed by atoms with Crippen LogP contribution in [-0.2, 0) is 37.8 Å². The Kier molecular flexibility index (Phi) is 8.88. The van der Waals surface area contributed by atoms with E-state index in [1.807, 2.05) is 0 Å². The van der Waals surface area contributed by atoms with Crippen LogP contribution in [0.2, 0.25) is 0 Å². The van der Waals surface area contributed by atoms with Crippen LogP contribution in [0.5, 0.6) is 5.75 Å². The van der Waals surface area contributed by atoms with Crippen molar-refractivity contribution in [2.24, 2.45) is 0 Å². The van der Waals surface area contributed by atoms with Gasteiger partial charge >= 0.3 is 35.5 Å². The monoisotopic (exact) mass is 502 g/mol. The Balaban J connectivity index is 0.00000408. The van der Waals surface area contributed by atoms with Gasteiger partial charge in [0.1, 0.15) is 27.7 Å². The van der Waals surface area contributed by atoms with Crippen LogP contribution in [0, 0.1) is 10.1 Å². The molecule has 1 aliphatic rings. The molecule has 1 saturated heterocycles. The Morgan fingerprint density at radius 1 is 1.21 bits per heavy atom. The molecule has 1 atom stereocenters. The van der Waals surface area contributed by atoms with E-state index in [1.54, 1.807) is 0 Å². The molecular formula is C19H15N2NaO11S. The summed E-state index contributed by atoms with van der Waals surface area (Å²) in [7, 11) is -5.10.